The summed E-state index contributed by atoms with van der Waals surface area (Å²) in [4.78, 5) is 11.9. The van der Waals surface area contributed by atoms with Crippen LogP contribution in [0.3, 0.4) is 0 Å². The molecule has 0 unspecified atom stereocenters. The number of benzene rings is 2. The van der Waals surface area contributed by atoms with Crippen molar-refractivity contribution in [1.82, 2.24) is 5.43 Å². The van der Waals surface area contributed by atoms with Crippen molar-refractivity contribution in [2.24, 2.45) is 5.84 Å². The lowest BCUT2D eigenvalue weighted by Crippen LogP contribution is -2.35. The predicted molar refractivity (Wildman–Crippen MR) is 92.1 cm³/mol. The van der Waals surface area contributed by atoms with E-state index in [1.807, 2.05) is 13.8 Å². The summed E-state index contributed by atoms with van der Waals surface area (Å²) in [6.45, 7) is 3.77. The molecule has 0 saturated heterocycles. The Morgan fingerprint density at radius 2 is 1.88 bits per heavy atom. The third kappa shape index (κ3) is 2.65. The van der Waals surface area contributed by atoms with E-state index in [-0.39, 0.29) is 10.9 Å². The van der Waals surface area contributed by atoms with Gasteiger partial charge in [-0.2, -0.15) is 0 Å². The topological polar surface area (TPSA) is 92.5 Å². The van der Waals surface area contributed by atoms with Gasteiger partial charge in [-0.25, -0.2) is 14.3 Å². The number of carbonyl (C=O) groups is 1. The lowest BCUT2D eigenvalue weighted by atomic mass is 10.1. The molecule has 6 nitrogen and oxygen atoms in total. The maximum absolute atomic E-state index is 13.0. The number of nitrogens with one attached hydrogen (secondary N) is 1. The summed E-state index contributed by atoms with van der Waals surface area (Å²) in [5.41, 5.74) is 4.93. The predicted octanol–water partition coefficient (Wildman–Crippen LogP) is 1.74. The Bertz CT molecular complexity index is 892. The third-order valence-electron chi connectivity index (χ3n) is 4.20. The maximum atomic E-state index is 13.0. The summed E-state index contributed by atoms with van der Waals surface area (Å²) in [7, 11) is -3.65. The van der Waals surface area contributed by atoms with E-state index < -0.39 is 15.9 Å². The summed E-state index contributed by atoms with van der Waals surface area (Å²) >= 11 is 0. The highest BCUT2D eigenvalue weighted by molar-refractivity contribution is 7.92. The minimum Gasteiger partial charge on any atom is -0.290 e. The molecule has 1 aliphatic rings. The quantitative estimate of drug-likeness (QED) is 0.503. The second-order valence-electron chi connectivity index (χ2n) is 5.98. The highest BCUT2D eigenvalue weighted by atomic mass is 32.2. The lowest BCUT2D eigenvalue weighted by Gasteiger charge is -2.24. The second kappa shape index (κ2) is 5.92. The Labute approximate surface area is 141 Å². The minimum absolute atomic E-state index is 0.220. The first-order chi connectivity index (χ1) is 11.3. The zero-order valence-corrected chi connectivity index (χ0v) is 14.3. The standard InChI is InChI=1S/C17H19N3O3S/c1-11-3-6-15(7-4-11)24(22,23)20-12(2)9-14-10-13(17(21)19-18)5-8-16(14)20/h3-8,10,12H,9,18H2,1-2H3,(H,19,21)/t12-/m1/s1. The Kier molecular flexibility index (Phi) is 4.06. The van der Waals surface area contributed by atoms with Gasteiger partial charge in [0.25, 0.3) is 15.9 Å². The molecule has 3 rings (SSSR count). The van der Waals surface area contributed by atoms with E-state index in [2.05, 4.69) is 5.43 Å². The van der Waals surface area contributed by atoms with E-state index in [1.54, 1.807) is 42.5 Å². The maximum Gasteiger partial charge on any atom is 0.265 e. The number of hydrogen-bond donors (Lipinski definition) is 2. The molecule has 7 heteroatoms. The van der Waals surface area contributed by atoms with Gasteiger partial charge in [0.1, 0.15) is 0 Å². The van der Waals surface area contributed by atoms with Crippen molar-refractivity contribution in [3.8, 4) is 0 Å². The van der Waals surface area contributed by atoms with Crippen molar-refractivity contribution in [2.75, 3.05) is 4.31 Å². The van der Waals surface area contributed by atoms with Gasteiger partial charge in [0.05, 0.1) is 10.6 Å². The molecule has 1 amide bonds. The smallest absolute Gasteiger partial charge is 0.265 e. The van der Waals surface area contributed by atoms with Crippen LogP contribution < -0.4 is 15.6 Å². The monoisotopic (exact) mass is 345 g/mol. The summed E-state index contributed by atoms with van der Waals surface area (Å²) < 4.78 is 27.5. The van der Waals surface area contributed by atoms with Gasteiger partial charge in [-0.1, -0.05) is 17.7 Å². The molecular formula is C17H19N3O3S. The van der Waals surface area contributed by atoms with Crippen LogP contribution >= 0.6 is 0 Å². The van der Waals surface area contributed by atoms with Crippen LogP contribution in [0.2, 0.25) is 0 Å². The fraction of sp³-hybridized carbons (Fsp3) is 0.235. The first-order valence-electron chi connectivity index (χ1n) is 7.59. The van der Waals surface area contributed by atoms with Crippen LogP contribution in [-0.2, 0) is 16.4 Å². The molecule has 24 heavy (non-hydrogen) atoms. The minimum atomic E-state index is -3.65. The summed E-state index contributed by atoms with van der Waals surface area (Å²) in [5, 5.41) is 0. The highest BCUT2D eigenvalue weighted by Gasteiger charge is 2.36. The van der Waals surface area contributed by atoms with Crippen molar-refractivity contribution < 1.29 is 13.2 Å². The number of nitrogen functional groups attached to an aromatic ring is 1. The number of aryl methyl sites for hydroxylation is 1. The van der Waals surface area contributed by atoms with Crippen molar-refractivity contribution in [3.63, 3.8) is 0 Å². The molecule has 0 aliphatic carbocycles. The molecule has 0 spiro atoms. The number of rotatable bonds is 3. The van der Waals surface area contributed by atoms with Crippen LogP contribution in [0.4, 0.5) is 5.69 Å². The average molecular weight is 345 g/mol. The van der Waals surface area contributed by atoms with Crippen molar-refractivity contribution >= 4 is 21.6 Å². The summed E-state index contributed by atoms with van der Waals surface area (Å²) in [6, 6.07) is 11.5. The van der Waals surface area contributed by atoms with Crippen LogP contribution in [-0.4, -0.2) is 20.4 Å². The van der Waals surface area contributed by atoms with Crippen LogP contribution in [0.25, 0.3) is 0 Å². The van der Waals surface area contributed by atoms with Crippen LogP contribution in [0, 0.1) is 6.92 Å². The van der Waals surface area contributed by atoms with Gasteiger partial charge in [0.2, 0.25) is 0 Å². The van der Waals surface area contributed by atoms with E-state index in [4.69, 9.17) is 5.84 Å². The molecule has 1 atom stereocenters. The summed E-state index contributed by atoms with van der Waals surface area (Å²) in [6.07, 6.45) is 0.548. The normalized spacial score (nSPS) is 16.8. The van der Waals surface area contributed by atoms with E-state index in [9.17, 15) is 13.2 Å². The number of hydrogen-bond acceptors (Lipinski definition) is 4. The highest BCUT2D eigenvalue weighted by Crippen LogP contribution is 2.37. The first-order valence-corrected chi connectivity index (χ1v) is 9.03. The fourth-order valence-corrected chi connectivity index (χ4v) is 4.71. The number of anilines is 1. The Morgan fingerprint density at radius 3 is 2.50 bits per heavy atom. The zero-order valence-electron chi connectivity index (χ0n) is 13.5. The van der Waals surface area contributed by atoms with Gasteiger partial charge in [0, 0.05) is 11.6 Å². The van der Waals surface area contributed by atoms with Gasteiger partial charge in [-0.15, -0.1) is 0 Å². The SMILES string of the molecule is Cc1ccc(S(=O)(=O)N2c3ccc(C(=O)NN)cc3C[C@H]2C)cc1. The molecule has 0 radical (unpaired) electrons. The van der Waals surface area contributed by atoms with Crippen molar-refractivity contribution in [1.29, 1.82) is 0 Å². The Balaban J connectivity index is 2.05. The fourth-order valence-electron chi connectivity index (χ4n) is 3.02. The van der Waals surface area contributed by atoms with Gasteiger partial charge < -0.3 is 0 Å². The first kappa shape index (κ1) is 16.5. The largest absolute Gasteiger partial charge is 0.290 e. The molecule has 0 saturated carbocycles. The molecule has 0 bridgehead atoms. The number of amides is 1. The Hall–Kier alpha value is -2.38. The zero-order chi connectivity index (χ0) is 17.5. The number of nitrogens with two attached hydrogens (primary N) is 1. The molecule has 0 aromatic heterocycles. The molecule has 126 valence electrons. The molecule has 3 N–H and O–H groups in total. The molecule has 1 aliphatic heterocycles. The third-order valence-corrected chi connectivity index (χ3v) is 6.15. The average Bonchev–Trinajstić information content (AvgIpc) is 2.89. The van der Waals surface area contributed by atoms with E-state index in [0.717, 1.165) is 11.1 Å². The van der Waals surface area contributed by atoms with Crippen LogP contribution in [0.5, 0.6) is 0 Å². The van der Waals surface area contributed by atoms with Gasteiger partial charge in [0.15, 0.2) is 0 Å². The van der Waals surface area contributed by atoms with E-state index in [1.165, 1.54) is 4.31 Å². The molecule has 2 aromatic carbocycles. The number of hydrazine groups is 1. The number of carbonyl (C=O) groups excluding carboxylic acids is 1. The van der Waals surface area contributed by atoms with Crippen LogP contribution in [0.15, 0.2) is 47.4 Å². The summed E-state index contributed by atoms with van der Waals surface area (Å²) in [5.74, 6) is 4.76. The molecule has 2 aromatic rings. The Morgan fingerprint density at radius 1 is 1.21 bits per heavy atom. The van der Waals surface area contributed by atoms with Gasteiger partial charge >= 0.3 is 0 Å². The number of fused-ring (bicyclic) bond motifs is 1. The number of sulfonamides is 1. The van der Waals surface area contributed by atoms with E-state index >= 15 is 0 Å². The number of nitrogens with zero attached hydrogens (tertiary/aromatic N) is 1. The van der Waals surface area contributed by atoms with Crippen molar-refractivity contribution in [3.05, 3.63) is 59.2 Å². The second-order valence-corrected chi connectivity index (χ2v) is 7.80. The molecule has 0 fully saturated rings. The van der Waals surface area contributed by atoms with E-state index in [0.29, 0.717) is 17.7 Å². The molecular weight excluding hydrogens is 326 g/mol. The van der Waals surface area contributed by atoms with Crippen LogP contribution in [0.1, 0.15) is 28.4 Å². The molecule has 1 heterocycles. The van der Waals surface area contributed by atoms with Gasteiger partial charge in [-0.05, 0) is 56.2 Å². The van der Waals surface area contributed by atoms with Gasteiger partial charge in [-0.3, -0.25) is 14.5 Å². The lowest BCUT2D eigenvalue weighted by molar-refractivity contribution is 0.0953. The van der Waals surface area contributed by atoms with Crippen molar-refractivity contribution in [2.45, 2.75) is 31.2 Å².